The highest BCUT2D eigenvalue weighted by molar-refractivity contribution is 9.10. The van der Waals surface area contributed by atoms with Gasteiger partial charge in [0.25, 0.3) is 0 Å². The molecule has 1 aromatic carbocycles. The Balaban J connectivity index is 2.74. The molecule has 15 heavy (non-hydrogen) atoms. The molecule has 1 rings (SSSR count). The van der Waals surface area contributed by atoms with Crippen molar-refractivity contribution in [2.24, 2.45) is 5.92 Å². The average Bonchev–Trinajstić information content (AvgIpc) is 2.20. The predicted octanol–water partition coefficient (Wildman–Crippen LogP) is 3.83. The van der Waals surface area contributed by atoms with E-state index >= 15 is 0 Å². The lowest BCUT2D eigenvalue weighted by atomic mass is 9.94. The normalized spacial score (nSPS) is 12.5. The third kappa shape index (κ3) is 3.96. The van der Waals surface area contributed by atoms with E-state index in [0.717, 1.165) is 17.3 Å². The van der Waals surface area contributed by atoms with Crippen LogP contribution in [-0.4, -0.2) is 11.7 Å². The van der Waals surface area contributed by atoms with E-state index in [1.165, 1.54) is 5.56 Å². The van der Waals surface area contributed by atoms with E-state index < -0.39 is 0 Å². The Kier molecular flexibility index (Phi) is 5.34. The summed E-state index contributed by atoms with van der Waals surface area (Å²) in [6.07, 6.45) is 1.52. The molecule has 0 aromatic heterocycles. The molecule has 0 N–H and O–H groups in total. The zero-order valence-electron chi connectivity index (χ0n) is 8.67. The molecule has 0 aliphatic carbocycles. The SMILES string of the molecule is CC(=O)C(CCCl)Cc1ccccc1Br. The van der Waals surface area contributed by atoms with Crippen LogP contribution >= 0.6 is 27.5 Å². The van der Waals surface area contributed by atoms with Crippen molar-refractivity contribution in [2.45, 2.75) is 19.8 Å². The van der Waals surface area contributed by atoms with Crippen molar-refractivity contribution in [3.8, 4) is 0 Å². The molecule has 0 saturated carbocycles. The maximum absolute atomic E-state index is 11.4. The number of rotatable bonds is 5. The molecule has 1 atom stereocenters. The molecule has 1 unspecified atom stereocenters. The molecule has 0 aliphatic rings. The molecule has 0 bridgehead atoms. The van der Waals surface area contributed by atoms with Crippen molar-refractivity contribution in [1.82, 2.24) is 0 Å². The van der Waals surface area contributed by atoms with E-state index in [1.807, 2.05) is 24.3 Å². The van der Waals surface area contributed by atoms with Crippen LogP contribution in [0.3, 0.4) is 0 Å². The smallest absolute Gasteiger partial charge is 0.133 e. The Morgan fingerprint density at radius 3 is 2.67 bits per heavy atom. The monoisotopic (exact) mass is 288 g/mol. The maximum Gasteiger partial charge on any atom is 0.133 e. The Bertz CT molecular complexity index is 338. The molecule has 0 saturated heterocycles. The van der Waals surface area contributed by atoms with Crippen LogP contribution in [0, 0.1) is 5.92 Å². The lowest BCUT2D eigenvalue weighted by molar-refractivity contribution is -0.120. The number of halogens is 2. The van der Waals surface area contributed by atoms with Gasteiger partial charge in [0.05, 0.1) is 0 Å². The van der Waals surface area contributed by atoms with Crippen LogP contribution in [0.15, 0.2) is 28.7 Å². The van der Waals surface area contributed by atoms with Crippen LogP contribution in [0.25, 0.3) is 0 Å². The van der Waals surface area contributed by atoms with E-state index in [4.69, 9.17) is 11.6 Å². The largest absolute Gasteiger partial charge is 0.300 e. The Hall–Kier alpha value is -0.340. The first-order chi connectivity index (χ1) is 7.15. The van der Waals surface area contributed by atoms with Crippen LogP contribution in [0.1, 0.15) is 18.9 Å². The van der Waals surface area contributed by atoms with Gasteiger partial charge in [0, 0.05) is 16.3 Å². The Morgan fingerprint density at radius 2 is 2.13 bits per heavy atom. The van der Waals surface area contributed by atoms with Gasteiger partial charge in [0.15, 0.2) is 0 Å². The quantitative estimate of drug-likeness (QED) is 0.753. The van der Waals surface area contributed by atoms with Crippen molar-refractivity contribution in [3.05, 3.63) is 34.3 Å². The third-order valence-electron chi connectivity index (χ3n) is 2.46. The van der Waals surface area contributed by atoms with Gasteiger partial charge >= 0.3 is 0 Å². The number of ketones is 1. The van der Waals surface area contributed by atoms with Gasteiger partial charge in [-0.25, -0.2) is 0 Å². The molecular weight excluding hydrogens is 275 g/mol. The molecule has 0 heterocycles. The summed E-state index contributed by atoms with van der Waals surface area (Å²) in [6.45, 7) is 1.63. The number of benzene rings is 1. The second-order valence-corrected chi connectivity index (χ2v) is 4.81. The van der Waals surface area contributed by atoms with Gasteiger partial charge in [-0.15, -0.1) is 11.6 Å². The highest BCUT2D eigenvalue weighted by Crippen LogP contribution is 2.21. The molecule has 3 heteroatoms. The van der Waals surface area contributed by atoms with Crippen LogP contribution < -0.4 is 0 Å². The van der Waals surface area contributed by atoms with Crippen molar-refractivity contribution < 1.29 is 4.79 Å². The number of carbonyl (C=O) groups is 1. The highest BCUT2D eigenvalue weighted by Gasteiger charge is 2.15. The zero-order chi connectivity index (χ0) is 11.3. The molecule has 0 radical (unpaired) electrons. The zero-order valence-corrected chi connectivity index (χ0v) is 11.0. The van der Waals surface area contributed by atoms with Gasteiger partial charge < -0.3 is 0 Å². The number of Topliss-reactive ketones (excluding diaryl/α,β-unsaturated/α-hetero) is 1. The Labute approximate surface area is 104 Å². The first-order valence-electron chi connectivity index (χ1n) is 4.95. The maximum atomic E-state index is 11.4. The standard InChI is InChI=1S/C12H14BrClO/c1-9(15)10(6-7-14)8-11-4-2-3-5-12(11)13/h2-5,10H,6-8H2,1H3. The van der Waals surface area contributed by atoms with Gasteiger partial charge in [0.1, 0.15) is 5.78 Å². The lowest BCUT2D eigenvalue weighted by Crippen LogP contribution is -2.14. The molecule has 0 fully saturated rings. The van der Waals surface area contributed by atoms with Gasteiger partial charge in [-0.3, -0.25) is 4.79 Å². The lowest BCUT2D eigenvalue weighted by Gasteiger charge is -2.13. The van der Waals surface area contributed by atoms with Crippen LogP contribution in [0.5, 0.6) is 0 Å². The van der Waals surface area contributed by atoms with Gasteiger partial charge in [-0.1, -0.05) is 34.1 Å². The average molecular weight is 290 g/mol. The molecule has 0 aliphatic heterocycles. The molecule has 0 spiro atoms. The predicted molar refractivity (Wildman–Crippen MR) is 67.4 cm³/mol. The van der Waals surface area contributed by atoms with Crippen molar-refractivity contribution in [3.63, 3.8) is 0 Å². The first kappa shape index (κ1) is 12.7. The molecule has 1 nitrogen and oxygen atoms in total. The second-order valence-electron chi connectivity index (χ2n) is 3.58. The fourth-order valence-corrected chi connectivity index (χ4v) is 2.22. The second kappa shape index (κ2) is 6.29. The summed E-state index contributed by atoms with van der Waals surface area (Å²) in [6, 6.07) is 7.98. The number of carbonyl (C=O) groups excluding carboxylic acids is 1. The van der Waals surface area contributed by atoms with Crippen LogP contribution in [0.2, 0.25) is 0 Å². The third-order valence-corrected chi connectivity index (χ3v) is 3.45. The minimum Gasteiger partial charge on any atom is -0.300 e. The first-order valence-corrected chi connectivity index (χ1v) is 6.27. The summed E-state index contributed by atoms with van der Waals surface area (Å²) in [4.78, 5) is 11.4. The van der Waals surface area contributed by atoms with E-state index in [9.17, 15) is 4.79 Å². The Morgan fingerprint density at radius 1 is 1.47 bits per heavy atom. The van der Waals surface area contributed by atoms with Gasteiger partial charge in [-0.2, -0.15) is 0 Å². The summed E-state index contributed by atoms with van der Waals surface area (Å²) in [5, 5.41) is 0. The summed E-state index contributed by atoms with van der Waals surface area (Å²) in [7, 11) is 0. The van der Waals surface area contributed by atoms with E-state index in [1.54, 1.807) is 6.92 Å². The highest BCUT2D eigenvalue weighted by atomic mass is 79.9. The number of alkyl halides is 1. The van der Waals surface area contributed by atoms with E-state index in [0.29, 0.717) is 5.88 Å². The van der Waals surface area contributed by atoms with Crippen LogP contribution in [-0.2, 0) is 11.2 Å². The van der Waals surface area contributed by atoms with Crippen molar-refractivity contribution in [2.75, 3.05) is 5.88 Å². The fraction of sp³-hybridized carbons (Fsp3) is 0.417. The summed E-state index contributed by atoms with van der Waals surface area (Å²) >= 11 is 9.16. The van der Waals surface area contributed by atoms with Gasteiger partial charge in [0.2, 0.25) is 0 Å². The van der Waals surface area contributed by atoms with E-state index in [2.05, 4.69) is 15.9 Å². The fourth-order valence-electron chi connectivity index (χ4n) is 1.51. The summed E-state index contributed by atoms with van der Waals surface area (Å²) < 4.78 is 1.06. The van der Waals surface area contributed by atoms with Gasteiger partial charge in [-0.05, 0) is 31.4 Å². The molecular formula is C12H14BrClO. The molecule has 82 valence electrons. The number of hydrogen-bond donors (Lipinski definition) is 0. The van der Waals surface area contributed by atoms with Crippen molar-refractivity contribution in [1.29, 1.82) is 0 Å². The minimum atomic E-state index is 0.0428. The molecule has 1 aromatic rings. The van der Waals surface area contributed by atoms with Crippen molar-refractivity contribution >= 4 is 33.3 Å². The van der Waals surface area contributed by atoms with E-state index in [-0.39, 0.29) is 11.7 Å². The summed E-state index contributed by atoms with van der Waals surface area (Å²) in [5.41, 5.74) is 1.17. The topological polar surface area (TPSA) is 17.1 Å². The number of hydrogen-bond acceptors (Lipinski definition) is 1. The minimum absolute atomic E-state index is 0.0428. The van der Waals surface area contributed by atoms with Crippen LogP contribution in [0.4, 0.5) is 0 Å². The summed E-state index contributed by atoms with van der Waals surface area (Å²) in [5.74, 6) is 0.793. The molecule has 0 amide bonds.